The Kier molecular flexibility index (Phi) is 4.07. The summed E-state index contributed by atoms with van der Waals surface area (Å²) in [6.07, 6.45) is 8.41. The van der Waals surface area contributed by atoms with Crippen LogP contribution >= 0.6 is 0 Å². The molecule has 0 aliphatic heterocycles. The molecule has 0 saturated heterocycles. The quantitative estimate of drug-likeness (QED) is 0.397. The number of hydrogen-bond donors (Lipinski definition) is 0. The van der Waals surface area contributed by atoms with E-state index in [-0.39, 0.29) is 11.4 Å². The molecule has 0 unspecified atom stereocenters. The van der Waals surface area contributed by atoms with Gasteiger partial charge < -0.3 is 4.84 Å². The lowest BCUT2D eigenvalue weighted by Crippen LogP contribution is -2.46. The third-order valence-corrected chi connectivity index (χ3v) is 7.14. The van der Waals surface area contributed by atoms with Crippen molar-refractivity contribution < 1.29 is 9.63 Å². The number of carbonyl (C=O) groups is 1. The van der Waals surface area contributed by atoms with Gasteiger partial charge in [-0.25, -0.2) is 4.79 Å². The van der Waals surface area contributed by atoms with Gasteiger partial charge in [0, 0.05) is 0 Å². The number of nitrogens with zero attached hydrogens (tertiary/aromatic N) is 1. The number of oxime groups is 1. The van der Waals surface area contributed by atoms with Crippen LogP contribution in [0.1, 0.15) is 57.4 Å². The molecule has 0 spiro atoms. The average molecular weight is 361 g/mol. The van der Waals surface area contributed by atoms with E-state index in [1.165, 1.54) is 49.3 Å². The van der Waals surface area contributed by atoms with Gasteiger partial charge in [-0.2, -0.15) is 0 Å². The highest BCUT2D eigenvalue weighted by molar-refractivity contribution is 6.01. The summed E-state index contributed by atoms with van der Waals surface area (Å²) in [5.41, 5.74) is 1.95. The molecule has 4 saturated carbocycles. The Labute approximate surface area is 160 Å². The lowest BCUT2D eigenvalue weighted by Gasteiger charge is -2.56. The molecule has 0 amide bonds. The summed E-state index contributed by atoms with van der Waals surface area (Å²) < 4.78 is 0. The van der Waals surface area contributed by atoms with Crippen molar-refractivity contribution in [2.75, 3.05) is 0 Å². The van der Waals surface area contributed by atoms with E-state index < -0.39 is 0 Å². The molecular formula is C24H27NO2. The maximum absolute atomic E-state index is 12.5. The predicted octanol–water partition coefficient (Wildman–Crippen LogP) is 5.71. The number of carbonyl (C=O) groups excluding carboxylic acids is 1. The van der Waals surface area contributed by atoms with Gasteiger partial charge in [0.15, 0.2) is 0 Å². The monoisotopic (exact) mass is 361 g/mol. The van der Waals surface area contributed by atoms with Gasteiger partial charge in [-0.1, -0.05) is 41.6 Å². The van der Waals surface area contributed by atoms with Crippen molar-refractivity contribution in [3.63, 3.8) is 0 Å². The Hall–Kier alpha value is -2.16. The van der Waals surface area contributed by atoms with Gasteiger partial charge in [0.2, 0.25) is 0 Å². The Bertz CT molecular complexity index is 878. The Morgan fingerprint density at radius 2 is 1.63 bits per heavy atom. The van der Waals surface area contributed by atoms with E-state index in [9.17, 15) is 4.79 Å². The lowest BCUT2D eigenvalue weighted by atomic mass is 9.49. The fraction of sp³-hybridized carbons (Fsp3) is 0.500. The highest BCUT2D eigenvalue weighted by Gasteiger charge is 2.51. The van der Waals surface area contributed by atoms with Gasteiger partial charge in [-0.05, 0) is 91.0 Å². The van der Waals surface area contributed by atoms with Crippen LogP contribution in [-0.4, -0.2) is 11.7 Å². The lowest BCUT2D eigenvalue weighted by molar-refractivity contribution is -0.152. The zero-order valence-electron chi connectivity index (χ0n) is 16.0. The minimum absolute atomic E-state index is 0.155. The molecule has 2 aromatic carbocycles. The second kappa shape index (κ2) is 6.47. The molecule has 4 bridgehead atoms. The molecule has 3 nitrogen and oxygen atoms in total. The summed E-state index contributed by atoms with van der Waals surface area (Å²) >= 11 is 0. The van der Waals surface area contributed by atoms with Gasteiger partial charge in [0.1, 0.15) is 0 Å². The molecule has 0 heterocycles. The van der Waals surface area contributed by atoms with Gasteiger partial charge in [0.25, 0.3) is 0 Å². The fourth-order valence-corrected chi connectivity index (χ4v) is 6.43. The molecule has 0 N–H and O–H groups in total. The normalized spacial score (nSPS) is 32.0. The summed E-state index contributed by atoms with van der Waals surface area (Å²) in [6, 6.07) is 14.5. The van der Waals surface area contributed by atoms with Crippen LogP contribution in [0.5, 0.6) is 0 Å². The van der Waals surface area contributed by atoms with Crippen molar-refractivity contribution in [2.24, 2.45) is 28.3 Å². The predicted molar refractivity (Wildman–Crippen MR) is 107 cm³/mol. The molecule has 0 radical (unpaired) electrons. The van der Waals surface area contributed by atoms with Gasteiger partial charge in [-0.3, -0.25) is 0 Å². The molecular weight excluding hydrogens is 334 g/mol. The van der Waals surface area contributed by atoms with Crippen molar-refractivity contribution in [1.82, 2.24) is 0 Å². The number of hydrogen-bond acceptors (Lipinski definition) is 3. The minimum Gasteiger partial charge on any atom is -0.318 e. The molecule has 0 aromatic heterocycles. The van der Waals surface area contributed by atoms with E-state index in [0.717, 1.165) is 29.0 Å². The van der Waals surface area contributed by atoms with Crippen molar-refractivity contribution >= 4 is 22.5 Å². The second-order valence-electron chi connectivity index (χ2n) is 9.30. The number of fused-ring (bicyclic) bond motifs is 1. The van der Waals surface area contributed by atoms with Crippen molar-refractivity contribution in [1.29, 1.82) is 0 Å². The smallest absolute Gasteiger partial charge is 0.318 e. The summed E-state index contributed by atoms with van der Waals surface area (Å²) in [6.45, 7) is 1.90. The van der Waals surface area contributed by atoms with Crippen LogP contribution < -0.4 is 0 Å². The second-order valence-corrected chi connectivity index (χ2v) is 9.30. The maximum atomic E-state index is 12.5. The summed E-state index contributed by atoms with van der Waals surface area (Å²) in [7, 11) is 0. The molecule has 4 fully saturated rings. The molecule has 2 aromatic rings. The van der Waals surface area contributed by atoms with Crippen LogP contribution in [0.3, 0.4) is 0 Å². The van der Waals surface area contributed by atoms with Gasteiger partial charge >= 0.3 is 5.97 Å². The molecule has 27 heavy (non-hydrogen) atoms. The number of benzene rings is 2. The van der Waals surface area contributed by atoms with Crippen molar-refractivity contribution in [2.45, 2.75) is 51.9 Å². The topological polar surface area (TPSA) is 38.7 Å². The van der Waals surface area contributed by atoms with E-state index in [2.05, 4.69) is 29.4 Å². The summed E-state index contributed by atoms with van der Waals surface area (Å²) in [5, 5.41) is 6.54. The van der Waals surface area contributed by atoms with Crippen LogP contribution in [0, 0.1) is 23.2 Å². The highest BCUT2D eigenvalue weighted by Crippen LogP contribution is 2.61. The fourth-order valence-electron chi connectivity index (χ4n) is 6.43. The first kappa shape index (κ1) is 17.0. The standard InChI is InChI=1S/C24H27NO2/c1-16(21-7-6-20-4-2-3-5-22(20)11-21)25-27-23(26)15-24-12-17-8-18(13-24)10-19(9-17)14-24/h2-7,11,17-19H,8-10,12-15H2,1H3/b25-16+. The molecule has 0 atom stereocenters. The molecule has 3 heteroatoms. The Morgan fingerprint density at radius 1 is 1.00 bits per heavy atom. The first-order valence-corrected chi connectivity index (χ1v) is 10.3. The zero-order chi connectivity index (χ0) is 18.4. The Morgan fingerprint density at radius 3 is 2.30 bits per heavy atom. The van der Waals surface area contributed by atoms with Gasteiger partial charge in [-0.15, -0.1) is 0 Å². The average Bonchev–Trinajstić information content (AvgIpc) is 2.64. The molecule has 6 rings (SSSR count). The summed E-state index contributed by atoms with van der Waals surface area (Å²) in [5.74, 6) is 2.41. The SMILES string of the molecule is C/C(=N\OC(=O)CC12CC3CC(CC(C3)C1)C2)c1ccc2ccccc2c1. The highest BCUT2D eigenvalue weighted by atomic mass is 16.7. The number of rotatable bonds is 4. The summed E-state index contributed by atoms with van der Waals surface area (Å²) in [4.78, 5) is 17.9. The largest absolute Gasteiger partial charge is 0.335 e. The van der Waals surface area contributed by atoms with Crippen LogP contribution in [0.25, 0.3) is 10.8 Å². The third-order valence-electron chi connectivity index (χ3n) is 7.14. The van der Waals surface area contributed by atoms with Crippen LogP contribution in [-0.2, 0) is 9.63 Å². The van der Waals surface area contributed by atoms with Crippen LogP contribution in [0.2, 0.25) is 0 Å². The van der Waals surface area contributed by atoms with E-state index in [1.54, 1.807) is 0 Å². The minimum atomic E-state index is -0.155. The zero-order valence-corrected chi connectivity index (χ0v) is 16.0. The molecule has 140 valence electrons. The first-order valence-electron chi connectivity index (χ1n) is 10.3. The van der Waals surface area contributed by atoms with Crippen molar-refractivity contribution in [3.8, 4) is 0 Å². The van der Waals surface area contributed by atoms with Crippen LogP contribution in [0.4, 0.5) is 0 Å². The van der Waals surface area contributed by atoms with E-state index in [1.807, 2.05) is 25.1 Å². The maximum Gasteiger partial charge on any atom is 0.335 e. The van der Waals surface area contributed by atoms with E-state index >= 15 is 0 Å². The Balaban J connectivity index is 1.26. The molecule has 4 aliphatic rings. The van der Waals surface area contributed by atoms with Crippen molar-refractivity contribution in [3.05, 3.63) is 48.0 Å². The van der Waals surface area contributed by atoms with E-state index in [0.29, 0.717) is 6.42 Å². The third kappa shape index (κ3) is 3.28. The molecule has 4 aliphatic carbocycles. The van der Waals surface area contributed by atoms with Gasteiger partial charge in [0.05, 0.1) is 12.1 Å². The van der Waals surface area contributed by atoms with E-state index in [4.69, 9.17) is 4.84 Å². The first-order chi connectivity index (χ1) is 13.1. The van der Waals surface area contributed by atoms with Crippen LogP contribution in [0.15, 0.2) is 47.6 Å².